The second kappa shape index (κ2) is 7.32. The summed E-state index contributed by atoms with van der Waals surface area (Å²) in [5, 5.41) is 9.15. The zero-order valence-electron chi connectivity index (χ0n) is 14.5. The predicted molar refractivity (Wildman–Crippen MR) is 95.6 cm³/mol. The van der Waals surface area contributed by atoms with Gasteiger partial charge >= 0.3 is 0 Å². The van der Waals surface area contributed by atoms with Gasteiger partial charge in [0.1, 0.15) is 6.07 Å². The molecule has 0 spiro atoms. The van der Waals surface area contributed by atoms with Gasteiger partial charge in [-0.2, -0.15) is 9.57 Å². The van der Waals surface area contributed by atoms with Crippen LogP contribution in [0.2, 0.25) is 0 Å². The van der Waals surface area contributed by atoms with Gasteiger partial charge in [-0.25, -0.2) is 8.42 Å². The second-order valence-electron chi connectivity index (χ2n) is 6.25. The molecule has 0 unspecified atom stereocenters. The zero-order chi connectivity index (χ0) is 18.7. The van der Waals surface area contributed by atoms with Crippen LogP contribution in [0, 0.1) is 11.3 Å². The number of nitriles is 1. The Balaban J connectivity index is 1.66. The minimum Gasteiger partial charge on any atom is -0.357 e. The van der Waals surface area contributed by atoms with Gasteiger partial charge in [-0.15, -0.1) is 0 Å². The van der Waals surface area contributed by atoms with Gasteiger partial charge in [0.25, 0.3) is 0 Å². The monoisotopic (exact) mass is 372 g/mol. The molecule has 1 fully saturated rings. The largest absolute Gasteiger partial charge is 0.357 e. The Labute approximate surface area is 153 Å². The van der Waals surface area contributed by atoms with Crippen molar-refractivity contribution < 1.29 is 13.2 Å². The van der Waals surface area contributed by atoms with Gasteiger partial charge in [0, 0.05) is 45.6 Å². The first-order valence-corrected chi connectivity index (χ1v) is 9.74. The first-order chi connectivity index (χ1) is 12.4. The molecule has 2 heterocycles. The Morgan fingerprint density at radius 3 is 2.46 bits per heavy atom. The molecule has 0 atom stereocenters. The number of aromatic nitrogens is 1. The van der Waals surface area contributed by atoms with E-state index in [0.717, 1.165) is 5.56 Å². The highest BCUT2D eigenvalue weighted by molar-refractivity contribution is 7.89. The maximum atomic E-state index is 12.8. The van der Waals surface area contributed by atoms with E-state index in [-0.39, 0.29) is 29.5 Å². The summed E-state index contributed by atoms with van der Waals surface area (Å²) < 4.78 is 28.8. The number of aryl methyl sites for hydroxylation is 1. The number of sulfonamides is 1. The van der Waals surface area contributed by atoms with Crippen LogP contribution in [0.5, 0.6) is 0 Å². The second-order valence-corrected chi connectivity index (χ2v) is 8.16. The van der Waals surface area contributed by atoms with E-state index in [1.165, 1.54) is 16.4 Å². The summed E-state index contributed by atoms with van der Waals surface area (Å²) in [4.78, 5) is 14.1. The highest BCUT2D eigenvalue weighted by atomic mass is 32.2. The molecule has 1 aromatic carbocycles. The van der Waals surface area contributed by atoms with Gasteiger partial charge in [0.15, 0.2) is 0 Å². The van der Waals surface area contributed by atoms with E-state index in [1.54, 1.807) is 17.0 Å². The van der Waals surface area contributed by atoms with Crippen molar-refractivity contribution in [2.45, 2.75) is 11.3 Å². The lowest BCUT2D eigenvalue weighted by atomic mass is 10.2. The fraction of sp³-hybridized carbons (Fsp3) is 0.333. The summed E-state index contributed by atoms with van der Waals surface area (Å²) in [6.45, 7) is 1.14. The standard InChI is InChI=1S/C18H20N4O3S/c1-20-7-6-15(14-20)12-18(23)21-8-10-22(11-9-21)26(24,25)17-5-3-2-4-16(17)13-19/h2-7,14H,8-12H2,1H3. The normalized spacial score (nSPS) is 15.6. The molecular formula is C18H20N4O3S. The highest BCUT2D eigenvalue weighted by Gasteiger charge is 2.31. The Kier molecular flexibility index (Phi) is 5.11. The quantitative estimate of drug-likeness (QED) is 0.800. The Hall–Kier alpha value is -2.63. The van der Waals surface area contributed by atoms with Crippen molar-refractivity contribution in [1.29, 1.82) is 5.26 Å². The molecule has 2 aromatic rings. The van der Waals surface area contributed by atoms with Crippen molar-refractivity contribution in [1.82, 2.24) is 13.8 Å². The molecule has 8 heteroatoms. The maximum absolute atomic E-state index is 12.8. The number of rotatable bonds is 4. The molecule has 0 radical (unpaired) electrons. The van der Waals surface area contributed by atoms with E-state index in [2.05, 4.69) is 0 Å². The molecule has 7 nitrogen and oxygen atoms in total. The van der Waals surface area contributed by atoms with Crippen LogP contribution in [-0.2, 0) is 28.3 Å². The number of amides is 1. The summed E-state index contributed by atoms with van der Waals surface area (Å²) in [6, 6.07) is 10.0. The van der Waals surface area contributed by atoms with E-state index in [4.69, 9.17) is 5.26 Å². The third kappa shape index (κ3) is 3.64. The van der Waals surface area contributed by atoms with Crippen LogP contribution in [0.1, 0.15) is 11.1 Å². The Morgan fingerprint density at radius 2 is 1.85 bits per heavy atom. The molecule has 0 N–H and O–H groups in total. The van der Waals surface area contributed by atoms with Gasteiger partial charge in [0.2, 0.25) is 15.9 Å². The summed E-state index contributed by atoms with van der Waals surface area (Å²) >= 11 is 0. The Morgan fingerprint density at radius 1 is 1.15 bits per heavy atom. The third-order valence-electron chi connectivity index (χ3n) is 4.47. The molecule has 1 saturated heterocycles. The molecular weight excluding hydrogens is 352 g/mol. The lowest BCUT2D eigenvalue weighted by molar-refractivity contribution is -0.131. The van der Waals surface area contributed by atoms with Crippen LogP contribution in [0.15, 0.2) is 47.6 Å². The molecule has 0 bridgehead atoms. The molecule has 0 aliphatic carbocycles. The SMILES string of the molecule is Cn1ccc(CC(=O)N2CCN(S(=O)(=O)c3ccccc3C#N)CC2)c1. The van der Waals surface area contributed by atoms with E-state index in [1.807, 2.05) is 36.1 Å². The molecule has 1 aromatic heterocycles. The van der Waals surface area contributed by atoms with E-state index < -0.39 is 10.0 Å². The first-order valence-electron chi connectivity index (χ1n) is 8.30. The van der Waals surface area contributed by atoms with Gasteiger partial charge in [-0.05, 0) is 23.8 Å². The molecule has 1 aliphatic heterocycles. The number of hydrogen-bond donors (Lipinski definition) is 0. The number of piperazine rings is 1. The van der Waals surface area contributed by atoms with Crippen molar-refractivity contribution in [3.05, 3.63) is 53.9 Å². The topological polar surface area (TPSA) is 86.4 Å². The van der Waals surface area contributed by atoms with Gasteiger partial charge < -0.3 is 9.47 Å². The van der Waals surface area contributed by atoms with Crippen molar-refractivity contribution in [3.8, 4) is 6.07 Å². The molecule has 3 rings (SSSR count). The van der Waals surface area contributed by atoms with Crippen molar-refractivity contribution >= 4 is 15.9 Å². The number of carbonyl (C=O) groups is 1. The van der Waals surface area contributed by atoms with Crippen molar-refractivity contribution in [2.24, 2.45) is 7.05 Å². The van der Waals surface area contributed by atoms with Crippen molar-refractivity contribution in [3.63, 3.8) is 0 Å². The Bertz CT molecular complexity index is 951. The summed E-state index contributed by atoms with van der Waals surface area (Å²) in [7, 11) is -1.84. The van der Waals surface area contributed by atoms with Crippen molar-refractivity contribution in [2.75, 3.05) is 26.2 Å². The van der Waals surface area contributed by atoms with Crippen LogP contribution in [0.25, 0.3) is 0 Å². The molecule has 136 valence electrons. The lowest BCUT2D eigenvalue weighted by Crippen LogP contribution is -2.50. The zero-order valence-corrected chi connectivity index (χ0v) is 15.3. The predicted octanol–water partition coefficient (Wildman–Crippen LogP) is 0.972. The first kappa shape index (κ1) is 18.2. The van der Waals surface area contributed by atoms with E-state index in [9.17, 15) is 13.2 Å². The maximum Gasteiger partial charge on any atom is 0.244 e. The van der Waals surface area contributed by atoms with Crippen LogP contribution in [-0.4, -0.2) is 54.3 Å². The van der Waals surface area contributed by atoms with E-state index >= 15 is 0 Å². The number of nitrogens with zero attached hydrogens (tertiary/aromatic N) is 4. The fourth-order valence-corrected chi connectivity index (χ4v) is 4.62. The summed E-state index contributed by atoms with van der Waals surface area (Å²) in [5.74, 6) is -0.00864. The minimum atomic E-state index is -3.74. The minimum absolute atomic E-state index is 0.00864. The van der Waals surface area contributed by atoms with Gasteiger partial charge in [-0.1, -0.05) is 12.1 Å². The van der Waals surface area contributed by atoms with Gasteiger partial charge in [-0.3, -0.25) is 4.79 Å². The van der Waals surface area contributed by atoms with Crippen LogP contribution >= 0.6 is 0 Å². The summed E-state index contributed by atoms with van der Waals surface area (Å²) in [6.07, 6.45) is 4.10. The van der Waals surface area contributed by atoms with Crippen LogP contribution < -0.4 is 0 Å². The third-order valence-corrected chi connectivity index (χ3v) is 6.42. The average Bonchev–Trinajstić information content (AvgIpc) is 3.06. The summed E-state index contributed by atoms with van der Waals surface area (Å²) in [5.41, 5.74) is 1.07. The fourth-order valence-electron chi connectivity index (χ4n) is 3.05. The molecule has 1 aliphatic rings. The van der Waals surface area contributed by atoms with Crippen LogP contribution in [0.4, 0.5) is 0 Å². The van der Waals surface area contributed by atoms with Crippen LogP contribution in [0.3, 0.4) is 0 Å². The molecule has 26 heavy (non-hydrogen) atoms. The average molecular weight is 372 g/mol. The van der Waals surface area contributed by atoms with E-state index in [0.29, 0.717) is 19.5 Å². The lowest BCUT2D eigenvalue weighted by Gasteiger charge is -2.34. The smallest absolute Gasteiger partial charge is 0.244 e. The number of carbonyl (C=O) groups excluding carboxylic acids is 1. The molecule has 0 saturated carbocycles. The number of benzene rings is 1. The number of hydrogen-bond acceptors (Lipinski definition) is 4. The molecule has 1 amide bonds. The van der Waals surface area contributed by atoms with Gasteiger partial charge in [0.05, 0.1) is 16.9 Å². The highest BCUT2D eigenvalue weighted by Crippen LogP contribution is 2.21.